The maximum absolute atomic E-state index is 12.5. The molecule has 0 radical (unpaired) electrons. The van der Waals surface area contributed by atoms with E-state index < -0.39 is 29.7 Å². The average Bonchev–Trinajstić information content (AvgIpc) is 2.95. The van der Waals surface area contributed by atoms with Gasteiger partial charge in [0.2, 0.25) is 11.8 Å². The number of ketones is 2. The molecule has 0 unspecified atom stereocenters. The lowest BCUT2D eigenvalue weighted by Gasteiger charge is -2.29. The number of piperidine rings is 1. The molecular weight excluding hydrogens is 552 g/mol. The predicted molar refractivity (Wildman–Crippen MR) is 153 cm³/mol. The van der Waals surface area contributed by atoms with Gasteiger partial charge in [-0.1, -0.05) is 0 Å². The predicted octanol–water partition coefficient (Wildman–Crippen LogP) is -0.497. The number of nitrogens with two attached hydrogens (primary N) is 2. The number of amides is 2. The van der Waals surface area contributed by atoms with Crippen LogP contribution in [0.4, 0.5) is 0 Å². The van der Waals surface area contributed by atoms with E-state index in [0.29, 0.717) is 65.4 Å². The van der Waals surface area contributed by atoms with E-state index >= 15 is 0 Å². The van der Waals surface area contributed by atoms with Crippen LogP contribution in [0.1, 0.15) is 51.9 Å². The average molecular weight is 603 g/mol. The molecule has 2 amide bonds. The number of aliphatic carboxylic acids is 1. The van der Waals surface area contributed by atoms with Crippen LogP contribution in [-0.4, -0.2) is 124 Å². The Kier molecular flexibility index (Phi) is 20.6. The highest BCUT2D eigenvalue weighted by atomic mass is 16.6. The fourth-order valence-corrected chi connectivity index (χ4v) is 4.33. The van der Waals surface area contributed by atoms with Gasteiger partial charge in [0.05, 0.1) is 70.7 Å². The number of carboxylic acids is 1. The summed E-state index contributed by atoms with van der Waals surface area (Å²) in [5.41, 5.74) is 10.6. The van der Waals surface area contributed by atoms with Gasteiger partial charge in [-0.25, -0.2) is 0 Å². The van der Waals surface area contributed by atoms with Crippen molar-refractivity contribution in [2.24, 2.45) is 23.3 Å². The maximum Gasteiger partial charge on any atom is 0.306 e. The number of nitrogens with zero attached hydrogens (tertiary/aromatic N) is 1. The van der Waals surface area contributed by atoms with Crippen LogP contribution < -0.4 is 16.8 Å². The molecule has 0 aliphatic carbocycles. The monoisotopic (exact) mass is 602 g/mol. The molecule has 0 aromatic carbocycles. The Labute approximate surface area is 248 Å². The Morgan fingerprint density at radius 2 is 1.40 bits per heavy atom. The fraction of sp³-hybridized carbons (Fsp3) is 0.821. The van der Waals surface area contributed by atoms with Crippen LogP contribution >= 0.6 is 0 Å². The van der Waals surface area contributed by atoms with Gasteiger partial charge in [0.1, 0.15) is 5.78 Å². The maximum atomic E-state index is 12.5. The van der Waals surface area contributed by atoms with Gasteiger partial charge in [-0.05, 0) is 45.8 Å². The smallest absolute Gasteiger partial charge is 0.306 e. The molecule has 6 N–H and O–H groups in total. The van der Waals surface area contributed by atoms with E-state index in [9.17, 15) is 24.0 Å². The summed E-state index contributed by atoms with van der Waals surface area (Å²) in [7, 11) is 0. The number of rotatable bonds is 26. The summed E-state index contributed by atoms with van der Waals surface area (Å²) in [6, 6.07) is -0.746. The number of carbonyl (C=O) groups is 5. The molecule has 1 fully saturated rings. The van der Waals surface area contributed by atoms with Crippen LogP contribution in [0.15, 0.2) is 0 Å². The van der Waals surface area contributed by atoms with Gasteiger partial charge >= 0.3 is 5.97 Å². The van der Waals surface area contributed by atoms with E-state index in [0.717, 1.165) is 19.6 Å². The molecule has 1 rings (SSSR count). The minimum Gasteiger partial charge on any atom is -0.481 e. The molecule has 0 spiro atoms. The summed E-state index contributed by atoms with van der Waals surface area (Å²) >= 11 is 0. The quantitative estimate of drug-likeness (QED) is 0.0924. The number of hydrogen-bond acceptors (Lipinski definition) is 11. The second-order valence-electron chi connectivity index (χ2n) is 10.4. The standard InChI is InChI=1S/C28H50N4O10/c1-21(25(34)3-2-7-29)31-27(36)23(20-26(30)35)19-24(33)6-11-39-13-15-41-17-18-42-16-14-40-12-10-32-8-4-22(5-9-32)28(37)38/h21-23H,2-20,29H2,1H3,(H2,30,35)(H,31,36)(H,37,38)/t21-,23-/m0/s1. The number of Topliss-reactive ketones (excluding diaryl/α,β-unsaturated/α-hetero) is 2. The number of carbonyl (C=O) groups excluding carboxylic acids is 4. The van der Waals surface area contributed by atoms with E-state index in [1.807, 2.05) is 0 Å². The molecule has 2 atom stereocenters. The second kappa shape index (κ2) is 23.0. The van der Waals surface area contributed by atoms with Crippen molar-refractivity contribution >= 4 is 29.4 Å². The largest absolute Gasteiger partial charge is 0.481 e. The molecule has 0 bridgehead atoms. The van der Waals surface area contributed by atoms with Crippen molar-refractivity contribution in [3.05, 3.63) is 0 Å². The Morgan fingerprint density at radius 3 is 1.93 bits per heavy atom. The summed E-state index contributed by atoms with van der Waals surface area (Å²) in [4.78, 5) is 61.5. The molecule has 0 aromatic heterocycles. The van der Waals surface area contributed by atoms with Gasteiger partial charge in [0, 0.05) is 32.2 Å². The topological polar surface area (TPSA) is 210 Å². The molecule has 242 valence electrons. The Balaban J connectivity index is 2.03. The van der Waals surface area contributed by atoms with Gasteiger partial charge in [-0.3, -0.25) is 24.0 Å². The lowest BCUT2D eigenvalue weighted by Crippen LogP contribution is -2.43. The van der Waals surface area contributed by atoms with E-state index in [4.69, 9.17) is 35.5 Å². The molecule has 1 heterocycles. The van der Waals surface area contributed by atoms with Crippen molar-refractivity contribution in [1.29, 1.82) is 0 Å². The molecule has 14 nitrogen and oxygen atoms in total. The first-order chi connectivity index (χ1) is 20.1. The number of primary amides is 1. The number of ether oxygens (including phenoxy) is 4. The Hall–Kier alpha value is -2.49. The normalized spacial score (nSPS) is 15.7. The number of carboxylic acid groups (broad SMARTS) is 1. The van der Waals surface area contributed by atoms with Crippen LogP contribution in [0, 0.1) is 11.8 Å². The lowest BCUT2D eigenvalue weighted by molar-refractivity contribution is -0.143. The zero-order valence-electron chi connectivity index (χ0n) is 24.9. The summed E-state index contributed by atoms with van der Waals surface area (Å²) < 4.78 is 21.9. The van der Waals surface area contributed by atoms with Crippen molar-refractivity contribution < 1.29 is 48.0 Å². The molecule has 0 saturated carbocycles. The van der Waals surface area contributed by atoms with Crippen molar-refractivity contribution in [3.8, 4) is 0 Å². The van der Waals surface area contributed by atoms with Gasteiger partial charge in [-0.2, -0.15) is 0 Å². The highest BCUT2D eigenvalue weighted by molar-refractivity contribution is 5.93. The third kappa shape index (κ3) is 18.1. The van der Waals surface area contributed by atoms with Gasteiger partial charge < -0.3 is 45.7 Å². The summed E-state index contributed by atoms with van der Waals surface area (Å²) in [6.45, 7) is 7.31. The van der Waals surface area contributed by atoms with Crippen molar-refractivity contribution in [2.45, 2.75) is 57.9 Å². The van der Waals surface area contributed by atoms with Crippen LogP contribution in [0.25, 0.3) is 0 Å². The van der Waals surface area contributed by atoms with Crippen LogP contribution in [0.5, 0.6) is 0 Å². The number of likely N-dealkylation sites (tertiary alicyclic amines) is 1. The van der Waals surface area contributed by atoms with E-state index in [-0.39, 0.29) is 56.4 Å². The second-order valence-corrected chi connectivity index (χ2v) is 10.4. The number of nitrogens with one attached hydrogen (secondary N) is 1. The molecule has 42 heavy (non-hydrogen) atoms. The summed E-state index contributed by atoms with van der Waals surface area (Å²) in [5, 5.41) is 11.6. The van der Waals surface area contributed by atoms with Crippen molar-refractivity contribution in [3.63, 3.8) is 0 Å². The molecule has 1 saturated heterocycles. The molecule has 0 aromatic rings. The highest BCUT2D eigenvalue weighted by Gasteiger charge is 2.26. The van der Waals surface area contributed by atoms with Crippen molar-refractivity contribution in [1.82, 2.24) is 10.2 Å². The first kappa shape index (κ1) is 37.5. The lowest BCUT2D eigenvalue weighted by atomic mass is 9.95. The van der Waals surface area contributed by atoms with Crippen LogP contribution in [0.3, 0.4) is 0 Å². The van der Waals surface area contributed by atoms with Gasteiger partial charge in [0.25, 0.3) is 0 Å². The third-order valence-electron chi connectivity index (χ3n) is 6.89. The first-order valence-electron chi connectivity index (χ1n) is 14.7. The summed E-state index contributed by atoms with van der Waals surface area (Å²) in [5.74, 6) is -3.58. The number of hydrogen-bond donors (Lipinski definition) is 4. The SMILES string of the molecule is C[C@H](NC(=O)[C@H](CC(N)=O)CC(=O)CCOCCOCCOCCOCCN1CCC(C(=O)O)CC1)C(=O)CCCN. The summed E-state index contributed by atoms with van der Waals surface area (Å²) in [6.07, 6.45) is 1.71. The van der Waals surface area contributed by atoms with Gasteiger partial charge in [-0.15, -0.1) is 0 Å². The fourth-order valence-electron chi connectivity index (χ4n) is 4.33. The highest BCUT2D eigenvalue weighted by Crippen LogP contribution is 2.16. The minimum atomic E-state index is -0.947. The van der Waals surface area contributed by atoms with Gasteiger partial charge in [0.15, 0.2) is 5.78 Å². The molecule has 1 aliphatic rings. The van der Waals surface area contributed by atoms with Crippen molar-refractivity contribution in [2.75, 3.05) is 79.0 Å². The molecule has 1 aliphatic heterocycles. The van der Waals surface area contributed by atoms with E-state index in [1.165, 1.54) is 0 Å². The first-order valence-corrected chi connectivity index (χ1v) is 14.7. The van der Waals surface area contributed by atoms with Crippen LogP contribution in [0.2, 0.25) is 0 Å². The minimum absolute atomic E-state index is 0.0667. The van der Waals surface area contributed by atoms with Crippen LogP contribution in [-0.2, 0) is 42.9 Å². The third-order valence-corrected chi connectivity index (χ3v) is 6.89. The Bertz CT molecular complexity index is 821. The van der Waals surface area contributed by atoms with E-state index in [1.54, 1.807) is 6.92 Å². The zero-order valence-corrected chi connectivity index (χ0v) is 24.9. The Morgan fingerprint density at radius 1 is 0.857 bits per heavy atom. The van der Waals surface area contributed by atoms with E-state index in [2.05, 4.69) is 10.2 Å². The molecule has 14 heteroatoms. The zero-order chi connectivity index (χ0) is 31.2. The molecular formula is C28H50N4O10.